The van der Waals surface area contributed by atoms with E-state index in [0.29, 0.717) is 0 Å². The van der Waals surface area contributed by atoms with Gasteiger partial charge in [-0.05, 0) is 38.3 Å². The van der Waals surface area contributed by atoms with Crippen LogP contribution in [0.15, 0.2) is 24.3 Å². The molecular weight excluding hydrogens is 227 g/mol. The van der Waals surface area contributed by atoms with Gasteiger partial charge in [0, 0.05) is 18.2 Å². The molecule has 100 valence electrons. The molecule has 0 bridgehead atoms. The first-order chi connectivity index (χ1) is 8.63. The topological polar surface area (TPSA) is 29.3 Å². The van der Waals surface area contributed by atoms with Gasteiger partial charge in [0.05, 0.1) is 6.04 Å². The molecule has 1 aliphatic carbocycles. The molecule has 0 aliphatic heterocycles. The van der Waals surface area contributed by atoms with E-state index < -0.39 is 0 Å². The fourth-order valence-corrected chi connectivity index (χ4v) is 2.55. The maximum Gasteiger partial charge on any atom is 0.128 e. The van der Waals surface area contributed by atoms with Gasteiger partial charge in [-0.2, -0.15) is 0 Å². The monoisotopic (exact) mass is 250 g/mol. The van der Waals surface area contributed by atoms with Gasteiger partial charge in [-0.25, -0.2) is 4.39 Å². The van der Waals surface area contributed by atoms with Gasteiger partial charge in [-0.15, -0.1) is 0 Å². The maximum absolute atomic E-state index is 14.0. The highest BCUT2D eigenvalue weighted by Crippen LogP contribution is 2.33. The highest BCUT2D eigenvalue weighted by Gasteiger charge is 2.30. The Kier molecular flexibility index (Phi) is 4.36. The van der Waals surface area contributed by atoms with Crippen LogP contribution in [0.3, 0.4) is 0 Å². The molecule has 2 nitrogen and oxygen atoms in total. The summed E-state index contributed by atoms with van der Waals surface area (Å²) in [4.78, 5) is 2.23. The van der Waals surface area contributed by atoms with Crippen LogP contribution in [0.1, 0.15) is 37.8 Å². The van der Waals surface area contributed by atoms with Crippen LogP contribution in [-0.4, -0.2) is 24.5 Å². The molecular formula is C15H23FN2. The fraction of sp³-hybridized carbons (Fsp3) is 0.600. The molecule has 0 spiro atoms. The Morgan fingerprint density at radius 1 is 1.39 bits per heavy atom. The van der Waals surface area contributed by atoms with Crippen LogP contribution >= 0.6 is 0 Å². The number of halogens is 1. The Labute approximate surface area is 109 Å². The van der Waals surface area contributed by atoms with Gasteiger partial charge in [-0.3, -0.25) is 4.90 Å². The van der Waals surface area contributed by atoms with E-state index in [0.717, 1.165) is 24.4 Å². The van der Waals surface area contributed by atoms with Crippen molar-refractivity contribution in [3.05, 3.63) is 35.6 Å². The predicted octanol–water partition coefficient (Wildman–Crippen LogP) is 2.95. The first-order valence-electron chi connectivity index (χ1n) is 6.83. The van der Waals surface area contributed by atoms with Gasteiger partial charge in [0.25, 0.3) is 0 Å². The standard InChI is InChI=1S/C15H23FN2/c1-3-14(17)15(18(2)10-11-8-9-11)12-6-4-5-7-13(12)16/h4-7,11,14-15H,3,8-10,17H2,1-2H3. The van der Waals surface area contributed by atoms with Crippen molar-refractivity contribution in [1.82, 2.24) is 4.90 Å². The average molecular weight is 250 g/mol. The van der Waals surface area contributed by atoms with Gasteiger partial charge in [-0.1, -0.05) is 25.1 Å². The molecule has 1 aromatic rings. The fourth-order valence-electron chi connectivity index (χ4n) is 2.55. The van der Waals surface area contributed by atoms with Crippen LogP contribution < -0.4 is 5.73 Å². The van der Waals surface area contributed by atoms with Crippen LogP contribution in [0.5, 0.6) is 0 Å². The van der Waals surface area contributed by atoms with Gasteiger partial charge < -0.3 is 5.73 Å². The van der Waals surface area contributed by atoms with E-state index in [9.17, 15) is 4.39 Å². The summed E-state index contributed by atoms with van der Waals surface area (Å²) >= 11 is 0. The summed E-state index contributed by atoms with van der Waals surface area (Å²) in [6.07, 6.45) is 3.46. The SMILES string of the molecule is CCC(N)C(c1ccccc1F)N(C)CC1CC1. The second kappa shape index (κ2) is 5.81. The molecule has 0 aromatic heterocycles. The number of hydrogen-bond acceptors (Lipinski definition) is 2. The largest absolute Gasteiger partial charge is 0.326 e. The van der Waals surface area contributed by atoms with Crippen LogP contribution in [0.2, 0.25) is 0 Å². The zero-order chi connectivity index (χ0) is 13.1. The van der Waals surface area contributed by atoms with E-state index in [2.05, 4.69) is 18.9 Å². The Hall–Kier alpha value is -0.930. The Balaban J connectivity index is 2.20. The molecule has 0 saturated heterocycles. The molecule has 0 heterocycles. The Morgan fingerprint density at radius 3 is 2.61 bits per heavy atom. The summed E-state index contributed by atoms with van der Waals surface area (Å²) in [7, 11) is 2.06. The lowest BCUT2D eigenvalue weighted by Crippen LogP contribution is -2.40. The van der Waals surface area contributed by atoms with E-state index in [4.69, 9.17) is 5.73 Å². The summed E-state index contributed by atoms with van der Waals surface area (Å²) in [5.74, 6) is 0.641. The van der Waals surface area contributed by atoms with Crippen molar-refractivity contribution in [2.75, 3.05) is 13.6 Å². The minimum atomic E-state index is -0.144. The van der Waals surface area contributed by atoms with Crippen molar-refractivity contribution in [1.29, 1.82) is 0 Å². The second-order valence-corrected chi connectivity index (χ2v) is 5.42. The first kappa shape index (κ1) is 13.5. The molecule has 1 aromatic carbocycles. The molecule has 18 heavy (non-hydrogen) atoms. The predicted molar refractivity (Wildman–Crippen MR) is 72.8 cm³/mol. The van der Waals surface area contributed by atoms with E-state index in [1.54, 1.807) is 6.07 Å². The lowest BCUT2D eigenvalue weighted by Gasteiger charge is -2.33. The number of benzene rings is 1. The lowest BCUT2D eigenvalue weighted by molar-refractivity contribution is 0.197. The van der Waals surface area contributed by atoms with E-state index in [-0.39, 0.29) is 17.9 Å². The number of nitrogens with zero attached hydrogens (tertiary/aromatic N) is 1. The van der Waals surface area contributed by atoms with Crippen LogP contribution in [0, 0.1) is 11.7 Å². The van der Waals surface area contributed by atoms with E-state index in [1.807, 2.05) is 12.1 Å². The van der Waals surface area contributed by atoms with Crippen molar-refractivity contribution < 1.29 is 4.39 Å². The number of hydrogen-bond donors (Lipinski definition) is 1. The van der Waals surface area contributed by atoms with Gasteiger partial charge >= 0.3 is 0 Å². The average Bonchev–Trinajstić information content (AvgIpc) is 3.15. The highest BCUT2D eigenvalue weighted by molar-refractivity contribution is 5.23. The molecule has 1 saturated carbocycles. The highest BCUT2D eigenvalue weighted by atomic mass is 19.1. The van der Waals surface area contributed by atoms with E-state index in [1.165, 1.54) is 18.9 Å². The first-order valence-corrected chi connectivity index (χ1v) is 6.83. The Morgan fingerprint density at radius 2 is 2.06 bits per heavy atom. The van der Waals surface area contributed by atoms with Crippen molar-refractivity contribution in [2.45, 2.75) is 38.3 Å². The third-order valence-corrected chi connectivity index (χ3v) is 3.82. The minimum absolute atomic E-state index is 0.0169. The quantitative estimate of drug-likeness (QED) is 0.841. The second-order valence-electron chi connectivity index (χ2n) is 5.42. The summed E-state index contributed by atoms with van der Waals surface area (Å²) < 4.78 is 14.0. The van der Waals surface area contributed by atoms with Crippen molar-refractivity contribution in [3.8, 4) is 0 Å². The molecule has 1 fully saturated rings. The van der Waals surface area contributed by atoms with Gasteiger partial charge in [0.2, 0.25) is 0 Å². The number of nitrogens with two attached hydrogens (primary N) is 1. The van der Waals surface area contributed by atoms with Gasteiger partial charge in [0.1, 0.15) is 5.82 Å². The summed E-state index contributed by atoms with van der Waals surface area (Å²) in [5, 5.41) is 0. The molecule has 0 radical (unpaired) electrons. The van der Waals surface area contributed by atoms with E-state index >= 15 is 0 Å². The molecule has 2 rings (SSSR count). The van der Waals surface area contributed by atoms with Crippen molar-refractivity contribution in [3.63, 3.8) is 0 Å². The summed E-state index contributed by atoms with van der Waals surface area (Å²) in [6.45, 7) is 3.08. The van der Waals surface area contributed by atoms with Crippen LogP contribution in [0.4, 0.5) is 4.39 Å². The Bertz CT molecular complexity index is 390. The molecule has 2 atom stereocenters. The summed E-state index contributed by atoms with van der Waals surface area (Å²) in [5.41, 5.74) is 6.94. The zero-order valence-corrected chi connectivity index (χ0v) is 11.3. The lowest BCUT2D eigenvalue weighted by atomic mass is 9.96. The molecule has 0 amide bonds. The smallest absolute Gasteiger partial charge is 0.128 e. The van der Waals surface area contributed by atoms with Crippen LogP contribution in [0.25, 0.3) is 0 Å². The minimum Gasteiger partial charge on any atom is -0.326 e. The third kappa shape index (κ3) is 3.09. The molecule has 2 unspecified atom stereocenters. The summed E-state index contributed by atoms with van der Waals surface area (Å²) in [6, 6.07) is 6.96. The van der Waals surface area contributed by atoms with Crippen molar-refractivity contribution >= 4 is 0 Å². The van der Waals surface area contributed by atoms with Gasteiger partial charge in [0.15, 0.2) is 0 Å². The molecule has 3 heteroatoms. The third-order valence-electron chi connectivity index (χ3n) is 3.82. The number of rotatable bonds is 6. The molecule has 2 N–H and O–H groups in total. The molecule has 1 aliphatic rings. The number of likely N-dealkylation sites (N-methyl/N-ethyl adjacent to an activating group) is 1. The van der Waals surface area contributed by atoms with Crippen LogP contribution in [-0.2, 0) is 0 Å². The maximum atomic E-state index is 14.0. The normalized spacial score (nSPS) is 18.9. The van der Waals surface area contributed by atoms with Crippen molar-refractivity contribution in [2.24, 2.45) is 11.7 Å². The zero-order valence-electron chi connectivity index (χ0n) is 11.3.